The largest absolute Gasteiger partial charge is 0.320 e. The number of anilines is 1. The molecule has 0 saturated heterocycles. The predicted octanol–water partition coefficient (Wildman–Crippen LogP) is 6.69. The molecule has 1 aromatic rings. The Morgan fingerprint density at radius 1 is 0.962 bits per heavy atom. The summed E-state index contributed by atoms with van der Waals surface area (Å²) in [5.41, 5.74) is -0.568. The SMILES string of the molecule is CCCCCCSC(CCCCCC)C(=O)Nc1c(F)cc(F)cc1F. The van der Waals surface area contributed by atoms with Gasteiger partial charge in [0.05, 0.1) is 5.25 Å². The van der Waals surface area contributed by atoms with E-state index in [4.69, 9.17) is 0 Å². The fourth-order valence-electron chi connectivity index (χ4n) is 2.67. The molecule has 1 N–H and O–H groups in total. The average molecular weight is 390 g/mol. The van der Waals surface area contributed by atoms with Crippen molar-refractivity contribution in [2.24, 2.45) is 0 Å². The molecule has 0 heterocycles. The molecule has 26 heavy (non-hydrogen) atoms. The molecule has 6 heteroatoms. The van der Waals surface area contributed by atoms with Crippen molar-refractivity contribution in [1.29, 1.82) is 0 Å². The number of nitrogens with one attached hydrogen (secondary N) is 1. The molecule has 0 radical (unpaired) electrons. The number of halogens is 3. The maximum atomic E-state index is 13.8. The van der Waals surface area contributed by atoms with Crippen molar-refractivity contribution in [3.05, 3.63) is 29.6 Å². The first kappa shape index (κ1) is 22.9. The lowest BCUT2D eigenvalue weighted by atomic mass is 10.1. The van der Waals surface area contributed by atoms with Crippen molar-refractivity contribution in [1.82, 2.24) is 0 Å². The Kier molecular flexibility index (Phi) is 11.5. The van der Waals surface area contributed by atoms with Crippen molar-refractivity contribution >= 4 is 23.4 Å². The molecule has 2 nitrogen and oxygen atoms in total. The van der Waals surface area contributed by atoms with Crippen LogP contribution in [0.25, 0.3) is 0 Å². The Balaban J connectivity index is 2.66. The molecule has 0 aromatic heterocycles. The minimum Gasteiger partial charge on any atom is -0.320 e. The fourth-order valence-corrected chi connectivity index (χ4v) is 3.87. The molecule has 0 aliphatic carbocycles. The number of amides is 1. The van der Waals surface area contributed by atoms with Gasteiger partial charge in [0.2, 0.25) is 5.91 Å². The summed E-state index contributed by atoms with van der Waals surface area (Å²) in [4.78, 5) is 12.5. The number of unbranched alkanes of at least 4 members (excludes halogenated alkanes) is 6. The van der Waals surface area contributed by atoms with Crippen LogP contribution in [0.15, 0.2) is 12.1 Å². The highest BCUT2D eigenvalue weighted by atomic mass is 32.2. The zero-order valence-corrected chi connectivity index (χ0v) is 16.6. The molecule has 1 amide bonds. The normalized spacial score (nSPS) is 12.2. The van der Waals surface area contributed by atoms with Gasteiger partial charge < -0.3 is 5.32 Å². The van der Waals surface area contributed by atoms with Crippen LogP contribution in [0, 0.1) is 17.5 Å². The topological polar surface area (TPSA) is 29.1 Å². The van der Waals surface area contributed by atoms with E-state index in [0.29, 0.717) is 18.6 Å². The Morgan fingerprint density at radius 2 is 1.54 bits per heavy atom. The summed E-state index contributed by atoms with van der Waals surface area (Å²) in [5.74, 6) is -2.74. The van der Waals surface area contributed by atoms with Crippen LogP contribution in [0.3, 0.4) is 0 Å². The second-order valence-electron chi connectivity index (χ2n) is 6.50. The molecule has 1 atom stereocenters. The van der Waals surface area contributed by atoms with E-state index < -0.39 is 29.0 Å². The Labute approximate surface area is 159 Å². The molecule has 1 unspecified atom stereocenters. The van der Waals surface area contributed by atoms with Crippen molar-refractivity contribution in [2.45, 2.75) is 76.9 Å². The number of carbonyl (C=O) groups excluding carboxylic acids is 1. The van der Waals surface area contributed by atoms with Crippen LogP contribution in [0.5, 0.6) is 0 Å². The number of carbonyl (C=O) groups is 1. The third-order valence-electron chi connectivity index (χ3n) is 4.18. The zero-order valence-electron chi connectivity index (χ0n) is 15.8. The van der Waals surface area contributed by atoms with Gasteiger partial charge in [-0.25, -0.2) is 13.2 Å². The van der Waals surface area contributed by atoms with E-state index in [1.807, 2.05) is 0 Å². The zero-order chi connectivity index (χ0) is 19.4. The monoisotopic (exact) mass is 389 g/mol. The molecule has 1 aromatic carbocycles. The lowest BCUT2D eigenvalue weighted by molar-refractivity contribution is -0.115. The maximum absolute atomic E-state index is 13.8. The van der Waals surface area contributed by atoms with Crippen LogP contribution in [-0.4, -0.2) is 16.9 Å². The molecule has 0 spiro atoms. The Morgan fingerprint density at radius 3 is 2.12 bits per heavy atom. The van der Waals surface area contributed by atoms with Crippen molar-refractivity contribution in [3.63, 3.8) is 0 Å². The summed E-state index contributed by atoms with van der Waals surface area (Å²) >= 11 is 1.54. The van der Waals surface area contributed by atoms with Crippen molar-refractivity contribution in [2.75, 3.05) is 11.1 Å². The van der Waals surface area contributed by atoms with Crippen LogP contribution < -0.4 is 5.32 Å². The summed E-state index contributed by atoms with van der Waals surface area (Å²) in [6.45, 7) is 4.26. The van der Waals surface area contributed by atoms with E-state index in [9.17, 15) is 18.0 Å². The van der Waals surface area contributed by atoms with Gasteiger partial charge in [0.1, 0.15) is 11.5 Å². The lowest BCUT2D eigenvalue weighted by Crippen LogP contribution is -2.26. The van der Waals surface area contributed by atoms with Gasteiger partial charge in [-0.05, 0) is 18.6 Å². The van der Waals surface area contributed by atoms with Gasteiger partial charge in [-0.15, -0.1) is 11.8 Å². The first-order valence-electron chi connectivity index (χ1n) is 9.56. The first-order chi connectivity index (χ1) is 12.5. The number of hydrogen-bond donors (Lipinski definition) is 1. The van der Waals surface area contributed by atoms with E-state index in [2.05, 4.69) is 19.2 Å². The lowest BCUT2D eigenvalue weighted by Gasteiger charge is -2.17. The van der Waals surface area contributed by atoms with E-state index in [0.717, 1.165) is 50.7 Å². The summed E-state index contributed by atoms with van der Waals surface area (Å²) in [6, 6.07) is 1.15. The highest BCUT2D eigenvalue weighted by Gasteiger charge is 2.22. The van der Waals surface area contributed by atoms with Gasteiger partial charge in [-0.1, -0.05) is 58.8 Å². The van der Waals surface area contributed by atoms with Crippen LogP contribution in [0.2, 0.25) is 0 Å². The van der Waals surface area contributed by atoms with Crippen LogP contribution in [0.1, 0.15) is 71.6 Å². The van der Waals surface area contributed by atoms with Gasteiger partial charge in [-0.3, -0.25) is 4.79 Å². The first-order valence-corrected chi connectivity index (χ1v) is 10.6. The quantitative estimate of drug-likeness (QED) is 0.381. The standard InChI is InChI=1S/C20H30F3NOS/c1-3-5-7-9-11-18(26-12-10-8-6-4-2)20(25)24-19-16(22)13-15(21)14-17(19)23/h13-14,18H,3-12H2,1-2H3,(H,24,25). The number of rotatable bonds is 13. The molecule has 0 aliphatic rings. The number of benzene rings is 1. The fraction of sp³-hybridized carbons (Fsp3) is 0.650. The van der Waals surface area contributed by atoms with Gasteiger partial charge >= 0.3 is 0 Å². The second-order valence-corrected chi connectivity index (χ2v) is 7.81. The van der Waals surface area contributed by atoms with E-state index in [1.165, 1.54) is 6.42 Å². The molecular formula is C20H30F3NOS. The molecule has 0 fully saturated rings. The minimum absolute atomic E-state index is 0.350. The Hall–Kier alpha value is -1.17. The number of thioether (sulfide) groups is 1. The second kappa shape index (κ2) is 13.1. The van der Waals surface area contributed by atoms with E-state index in [1.54, 1.807) is 11.8 Å². The molecule has 0 bridgehead atoms. The van der Waals surface area contributed by atoms with Crippen LogP contribution >= 0.6 is 11.8 Å². The predicted molar refractivity (Wildman–Crippen MR) is 104 cm³/mol. The number of hydrogen-bond acceptors (Lipinski definition) is 2. The summed E-state index contributed by atoms with van der Waals surface area (Å²) < 4.78 is 40.6. The minimum atomic E-state index is -1.09. The van der Waals surface area contributed by atoms with Gasteiger partial charge in [0.15, 0.2) is 11.6 Å². The smallest absolute Gasteiger partial charge is 0.237 e. The summed E-state index contributed by atoms with van der Waals surface area (Å²) in [6.07, 6.45) is 9.29. The molecular weight excluding hydrogens is 359 g/mol. The average Bonchev–Trinajstić information content (AvgIpc) is 2.59. The molecule has 0 aliphatic heterocycles. The van der Waals surface area contributed by atoms with Crippen LogP contribution in [0.4, 0.5) is 18.9 Å². The van der Waals surface area contributed by atoms with E-state index in [-0.39, 0.29) is 5.25 Å². The molecule has 0 saturated carbocycles. The third-order valence-corrected chi connectivity index (χ3v) is 5.56. The van der Waals surface area contributed by atoms with Crippen molar-refractivity contribution < 1.29 is 18.0 Å². The Bertz CT molecular complexity index is 531. The maximum Gasteiger partial charge on any atom is 0.237 e. The highest BCUT2D eigenvalue weighted by Crippen LogP contribution is 2.25. The summed E-state index contributed by atoms with van der Waals surface area (Å²) in [7, 11) is 0. The summed E-state index contributed by atoms with van der Waals surface area (Å²) in [5, 5.41) is 1.97. The van der Waals surface area contributed by atoms with Crippen molar-refractivity contribution in [3.8, 4) is 0 Å². The van der Waals surface area contributed by atoms with Gasteiger partial charge in [-0.2, -0.15) is 0 Å². The van der Waals surface area contributed by atoms with Crippen LogP contribution in [-0.2, 0) is 4.79 Å². The third kappa shape index (κ3) is 8.47. The molecule has 1 rings (SSSR count). The van der Waals surface area contributed by atoms with Gasteiger partial charge in [0, 0.05) is 12.1 Å². The van der Waals surface area contributed by atoms with E-state index >= 15 is 0 Å². The molecule has 148 valence electrons. The highest BCUT2D eigenvalue weighted by molar-refractivity contribution is 8.00. The van der Waals surface area contributed by atoms with Gasteiger partial charge in [0.25, 0.3) is 0 Å².